The van der Waals surface area contributed by atoms with Gasteiger partial charge >= 0.3 is 6.18 Å². The van der Waals surface area contributed by atoms with Gasteiger partial charge in [0.15, 0.2) is 5.82 Å². The van der Waals surface area contributed by atoms with Crippen molar-refractivity contribution in [3.63, 3.8) is 0 Å². The number of amidine groups is 1. The molecule has 1 spiro atoms. The maximum atomic E-state index is 13.6. The van der Waals surface area contributed by atoms with Crippen molar-refractivity contribution < 1.29 is 22.4 Å². The van der Waals surface area contributed by atoms with Crippen LogP contribution in [-0.2, 0) is 22.2 Å². The molecule has 7 nitrogen and oxygen atoms in total. The Balaban J connectivity index is 1.73. The average molecular weight is 531 g/mol. The number of hydrogen-bond acceptors (Lipinski definition) is 5. The van der Waals surface area contributed by atoms with E-state index in [1.165, 1.54) is 5.56 Å². The lowest BCUT2D eigenvalue weighted by Crippen LogP contribution is -2.37. The summed E-state index contributed by atoms with van der Waals surface area (Å²) in [6, 6.07) is 10.7. The van der Waals surface area contributed by atoms with Gasteiger partial charge in [-0.3, -0.25) is 14.2 Å². The molecule has 2 aliphatic rings. The van der Waals surface area contributed by atoms with Crippen LogP contribution in [0.1, 0.15) is 43.5 Å². The number of amides is 1. The van der Waals surface area contributed by atoms with Crippen LogP contribution in [0.4, 0.5) is 29.1 Å². The summed E-state index contributed by atoms with van der Waals surface area (Å²) in [6.45, 7) is 6.13. The molecule has 1 fully saturated rings. The molecule has 0 atom stereocenters. The number of aliphatic imine (C=N–C) groups is 2. The number of anilines is 1. The van der Waals surface area contributed by atoms with Crippen molar-refractivity contribution in [2.45, 2.75) is 50.2 Å². The Morgan fingerprint density at radius 3 is 2.66 bits per heavy atom. The van der Waals surface area contributed by atoms with Crippen molar-refractivity contribution in [3.8, 4) is 0 Å². The number of halogens is 4. The van der Waals surface area contributed by atoms with Gasteiger partial charge < -0.3 is 16.0 Å². The largest absolute Gasteiger partial charge is 0.405 e. The third-order valence-corrected chi connectivity index (χ3v) is 6.73. The minimum atomic E-state index is -4.61. The molecular formula is C27H30F4N6O. The van der Waals surface area contributed by atoms with E-state index in [4.69, 9.17) is 0 Å². The fraction of sp³-hybridized carbons (Fsp3) is 0.407. The number of benzene rings is 1. The van der Waals surface area contributed by atoms with Crippen LogP contribution in [0.5, 0.6) is 0 Å². The number of alkyl halides is 4. The first-order valence-corrected chi connectivity index (χ1v) is 12.2. The second-order valence-electron chi connectivity index (χ2n) is 10.3. The summed E-state index contributed by atoms with van der Waals surface area (Å²) in [5, 5.41) is 8.35. The molecule has 1 aliphatic carbocycles. The van der Waals surface area contributed by atoms with E-state index in [0.29, 0.717) is 17.9 Å². The maximum Gasteiger partial charge on any atom is 0.405 e. The molecule has 4 rings (SSSR count). The Labute approximate surface area is 218 Å². The average Bonchev–Trinajstić information content (AvgIpc) is 3.65. The molecule has 2 heterocycles. The van der Waals surface area contributed by atoms with Crippen molar-refractivity contribution in [2.75, 3.05) is 25.1 Å². The van der Waals surface area contributed by atoms with Crippen LogP contribution in [-0.4, -0.2) is 49.4 Å². The number of hydrogen-bond donors (Lipinski definition) is 3. The fourth-order valence-electron chi connectivity index (χ4n) is 4.40. The molecule has 1 aromatic heterocycles. The summed E-state index contributed by atoms with van der Waals surface area (Å²) >= 11 is 0. The van der Waals surface area contributed by atoms with Crippen molar-refractivity contribution in [3.05, 3.63) is 65.0 Å². The molecular weight excluding hydrogens is 500 g/mol. The van der Waals surface area contributed by atoms with E-state index in [1.807, 2.05) is 23.5 Å². The smallest absolute Gasteiger partial charge is 0.343 e. The van der Waals surface area contributed by atoms with Crippen LogP contribution < -0.4 is 16.0 Å². The minimum Gasteiger partial charge on any atom is -0.343 e. The number of nitrogens with one attached hydrogen (secondary N) is 3. The summed E-state index contributed by atoms with van der Waals surface area (Å²) in [4.78, 5) is 25.3. The van der Waals surface area contributed by atoms with Gasteiger partial charge in [-0.15, -0.1) is 0 Å². The molecule has 0 unspecified atom stereocenters. The molecule has 1 aromatic carbocycles. The van der Waals surface area contributed by atoms with Crippen LogP contribution in [0, 0.1) is 0 Å². The zero-order valence-corrected chi connectivity index (χ0v) is 21.3. The number of carbonyl (C=O) groups is 1. The normalized spacial score (nSPS) is 17.1. The third kappa shape index (κ3) is 6.27. The fourth-order valence-corrected chi connectivity index (χ4v) is 4.40. The van der Waals surface area contributed by atoms with E-state index < -0.39 is 30.7 Å². The van der Waals surface area contributed by atoms with E-state index >= 15 is 0 Å². The molecule has 2 aromatic rings. The first kappa shape index (κ1) is 27.4. The molecule has 1 saturated carbocycles. The highest BCUT2D eigenvalue weighted by Crippen LogP contribution is 2.50. The van der Waals surface area contributed by atoms with E-state index in [2.05, 4.69) is 32.3 Å². The van der Waals surface area contributed by atoms with Crippen molar-refractivity contribution in [1.82, 2.24) is 15.6 Å². The van der Waals surface area contributed by atoms with Gasteiger partial charge in [0.05, 0.1) is 5.69 Å². The Morgan fingerprint density at radius 2 is 2.00 bits per heavy atom. The van der Waals surface area contributed by atoms with Gasteiger partial charge in [-0.2, -0.15) is 13.2 Å². The Morgan fingerprint density at radius 1 is 1.24 bits per heavy atom. The van der Waals surface area contributed by atoms with Crippen molar-refractivity contribution >= 4 is 30.0 Å². The van der Waals surface area contributed by atoms with E-state index in [0.717, 1.165) is 31.1 Å². The second kappa shape index (κ2) is 10.6. The standard InChI is InChI=1S/C27H30F4N6O/c1-25(2,14-28)21-5-4-6-22(36-21)37-23(19(13-32-3)24(38)34-16-27(29,30)31)35-18-7-8-20-17(11-18)12-33-15-26(20)9-10-26/h4-8,11,13,33H,3,9-10,12,14-16H2,1-2H3,(H,34,38)(H,35,36,37)/b19-13+. The van der Waals surface area contributed by atoms with Crippen LogP contribution >= 0.6 is 0 Å². The SMILES string of the molecule is C=N/C=C(C(=O)NCC(F)(F)F)\C(=N\c1cccc(C(C)(C)CF)n1)Nc1ccc2c(c1)CNCC21CC1. The number of rotatable bonds is 8. The lowest BCUT2D eigenvalue weighted by atomic mass is 9.88. The highest BCUT2D eigenvalue weighted by atomic mass is 19.4. The van der Waals surface area contributed by atoms with Crippen molar-refractivity contribution in [2.24, 2.45) is 9.98 Å². The van der Waals surface area contributed by atoms with E-state index in [-0.39, 0.29) is 22.6 Å². The lowest BCUT2D eigenvalue weighted by molar-refractivity contribution is -0.136. The highest BCUT2D eigenvalue weighted by molar-refractivity contribution is 6.25. The summed E-state index contributed by atoms with van der Waals surface area (Å²) < 4.78 is 52.0. The number of pyridine rings is 1. The predicted molar refractivity (Wildman–Crippen MR) is 140 cm³/mol. The summed E-state index contributed by atoms with van der Waals surface area (Å²) in [7, 11) is 0. The summed E-state index contributed by atoms with van der Waals surface area (Å²) in [5.74, 6) is -0.982. The summed E-state index contributed by atoms with van der Waals surface area (Å²) in [6.07, 6.45) is -1.35. The van der Waals surface area contributed by atoms with Crippen LogP contribution in [0.2, 0.25) is 0 Å². The molecule has 1 aliphatic heterocycles. The second-order valence-corrected chi connectivity index (χ2v) is 10.3. The highest BCUT2D eigenvalue weighted by Gasteiger charge is 2.46. The van der Waals surface area contributed by atoms with E-state index in [9.17, 15) is 22.4 Å². The number of aromatic nitrogens is 1. The van der Waals surface area contributed by atoms with E-state index in [1.54, 1.807) is 32.0 Å². The van der Waals surface area contributed by atoms with Gasteiger partial charge in [0.2, 0.25) is 0 Å². The number of nitrogens with zero attached hydrogens (tertiary/aromatic N) is 3. The van der Waals surface area contributed by atoms with Gasteiger partial charge in [-0.25, -0.2) is 9.98 Å². The summed E-state index contributed by atoms with van der Waals surface area (Å²) in [5.41, 5.74) is 2.40. The zero-order valence-electron chi connectivity index (χ0n) is 21.3. The van der Waals surface area contributed by atoms with Crippen LogP contribution in [0.3, 0.4) is 0 Å². The van der Waals surface area contributed by atoms with Gasteiger partial charge in [-0.05, 0) is 55.0 Å². The Kier molecular flexibility index (Phi) is 7.68. The Bertz CT molecular complexity index is 1280. The maximum absolute atomic E-state index is 13.6. The van der Waals surface area contributed by atoms with Gasteiger partial charge in [0.1, 0.15) is 24.6 Å². The molecule has 3 N–H and O–H groups in total. The Hall–Kier alpha value is -3.60. The monoisotopic (exact) mass is 530 g/mol. The first-order chi connectivity index (χ1) is 18.0. The van der Waals surface area contributed by atoms with Gasteiger partial charge in [0, 0.05) is 35.8 Å². The third-order valence-electron chi connectivity index (χ3n) is 6.73. The van der Waals surface area contributed by atoms with Crippen LogP contribution in [0.15, 0.2) is 58.2 Å². The minimum absolute atomic E-state index is 0.0790. The van der Waals surface area contributed by atoms with Gasteiger partial charge in [0.25, 0.3) is 5.91 Å². The van der Waals surface area contributed by atoms with Crippen molar-refractivity contribution in [1.29, 1.82) is 0 Å². The topological polar surface area (TPSA) is 90.8 Å². The number of carbonyl (C=O) groups excluding carboxylic acids is 1. The first-order valence-electron chi connectivity index (χ1n) is 12.2. The molecule has 0 saturated heterocycles. The lowest BCUT2D eigenvalue weighted by Gasteiger charge is -2.27. The molecule has 202 valence electrons. The molecule has 38 heavy (non-hydrogen) atoms. The molecule has 1 amide bonds. The quantitative estimate of drug-likeness (QED) is 0.197. The van der Waals surface area contributed by atoms with Gasteiger partial charge in [-0.1, -0.05) is 26.0 Å². The number of fused-ring (bicyclic) bond motifs is 2. The molecule has 0 radical (unpaired) electrons. The molecule has 11 heteroatoms. The van der Waals surface area contributed by atoms with Crippen LogP contribution in [0.25, 0.3) is 0 Å². The molecule has 0 bridgehead atoms. The zero-order chi connectivity index (χ0) is 27.6. The predicted octanol–water partition coefficient (Wildman–Crippen LogP) is 4.87.